The summed E-state index contributed by atoms with van der Waals surface area (Å²) in [4.78, 5) is 4.36. The van der Waals surface area contributed by atoms with Gasteiger partial charge in [-0.25, -0.2) is 35.4 Å². The summed E-state index contributed by atoms with van der Waals surface area (Å²) in [6.07, 6.45) is -0.822. The van der Waals surface area contributed by atoms with E-state index in [1.165, 1.54) is 6.07 Å². The molecule has 1 N–H and O–H groups in total. The van der Waals surface area contributed by atoms with Gasteiger partial charge in [-0.2, -0.15) is 0 Å². The molecule has 0 aromatic heterocycles. The largest absolute Gasteiger partial charge is 0.355 e. The summed E-state index contributed by atoms with van der Waals surface area (Å²) >= 11 is 0. The smallest absolute Gasteiger partial charge is 0.230 e. The van der Waals surface area contributed by atoms with E-state index in [2.05, 4.69) is 4.99 Å². The van der Waals surface area contributed by atoms with E-state index in [4.69, 9.17) is 0 Å². The molecule has 0 radical (unpaired) electrons. The Morgan fingerprint density at radius 3 is 2.35 bits per heavy atom. The van der Waals surface area contributed by atoms with Crippen LogP contribution < -0.4 is 4.90 Å². The fraction of sp³-hybridized carbons (Fsp3) is 0.250. The van der Waals surface area contributed by atoms with E-state index in [0.717, 1.165) is 17.0 Å². The molecule has 1 unspecified atom stereocenters. The zero-order valence-corrected chi connectivity index (χ0v) is 16.9. The summed E-state index contributed by atoms with van der Waals surface area (Å²) in [5.41, 5.74) is -1.51. The minimum Gasteiger partial charge on any atom is -0.355 e. The summed E-state index contributed by atoms with van der Waals surface area (Å²) in [6.45, 7) is 1.68. The molecule has 0 aliphatic carbocycles. The predicted molar refractivity (Wildman–Crippen MR) is 105 cm³/mol. The third kappa shape index (κ3) is 5.10. The maximum Gasteiger partial charge on any atom is 0.230 e. The summed E-state index contributed by atoms with van der Waals surface area (Å²) < 4.78 is 93.3. The van der Waals surface area contributed by atoms with Crippen LogP contribution in [0.2, 0.25) is 0 Å². The second-order valence-electron chi connectivity index (χ2n) is 6.86. The number of aliphatic hydroxyl groups excluding tert-OH is 1. The van der Waals surface area contributed by atoms with Crippen LogP contribution in [-0.4, -0.2) is 31.3 Å². The lowest BCUT2D eigenvalue weighted by Crippen LogP contribution is -2.34. The number of anilines is 1. The molecular formula is C20H17F5N2O3S. The van der Waals surface area contributed by atoms with E-state index in [-0.39, 0.29) is 23.1 Å². The van der Waals surface area contributed by atoms with Gasteiger partial charge in [0.1, 0.15) is 17.3 Å². The van der Waals surface area contributed by atoms with Crippen molar-refractivity contribution < 1.29 is 35.5 Å². The Kier molecular flexibility index (Phi) is 6.46. The SMILES string of the molecule is CCCS(=O)(=O)Cc1cc(F)cc(N2C=C(F)C(c3cc(F)c(F)cc3F)=NC2O)c1. The first-order valence-electron chi connectivity index (χ1n) is 9.07. The third-order valence-corrected chi connectivity index (χ3v) is 6.18. The second-order valence-corrected chi connectivity index (χ2v) is 9.05. The molecule has 5 nitrogen and oxygen atoms in total. The first kappa shape index (κ1) is 22.9. The number of halogens is 5. The van der Waals surface area contributed by atoms with E-state index >= 15 is 0 Å². The highest BCUT2D eigenvalue weighted by atomic mass is 32.2. The fourth-order valence-corrected chi connectivity index (χ4v) is 4.54. The second kappa shape index (κ2) is 8.75. The van der Waals surface area contributed by atoms with Gasteiger partial charge in [0.2, 0.25) is 6.35 Å². The lowest BCUT2D eigenvalue weighted by molar-refractivity contribution is 0.187. The minimum absolute atomic E-state index is 0.0749. The molecule has 166 valence electrons. The number of nitrogens with zero attached hydrogens (tertiary/aromatic N) is 2. The van der Waals surface area contributed by atoms with Gasteiger partial charge in [0.25, 0.3) is 0 Å². The van der Waals surface area contributed by atoms with Gasteiger partial charge in [-0.3, -0.25) is 0 Å². The molecule has 31 heavy (non-hydrogen) atoms. The van der Waals surface area contributed by atoms with E-state index in [0.29, 0.717) is 18.7 Å². The van der Waals surface area contributed by atoms with E-state index < -0.39 is 62.3 Å². The molecule has 3 rings (SSSR count). The van der Waals surface area contributed by atoms with Gasteiger partial charge >= 0.3 is 0 Å². The summed E-state index contributed by atoms with van der Waals surface area (Å²) in [5, 5.41) is 10.3. The van der Waals surface area contributed by atoms with Gasteiger partial charge in [0.15, 0.2) is 27.3 Å². The monoisotopic (exact) mass is 460 g/mol. The number of sulfone groups is 1. The van der Waals surface area contributed by atoms with Crippen molar-refractivity contribution >= 4 is 21.2 Å². The molecule has 1 atom stereocenters. The molecule has 0 amide bonds. The minimum atomic E-state index is -3.50. The first-order valence-corrected chi connectivity index (χ1v) is 10.9. The highest BCUT2D eigenvalue weighted by Crippen LogP contribution is 2.29. The summed E-state index contributed by atoms with van der Waals surface area (Å²) in [5.74, 6) is -6.82. The van der Waals surface area contributed by atoms with Crippen molar-refractivity contribution in [2.45, 2.75) is 25.4 Å². The zero-order valence-electron chi connectivity index (χ0n) is 16.1. The van der Waals surface area contributed by atoms with Crippen LogP contribution in [0.25, 0.3) is 0 Å². The van der Waals surface area contributed by atoms with Crippen LogP contribution in [-0.2, 0) is 15.6 Å². The summed E-state index contributed by atoms with van der Waals surface area (Å²) in [7, 11) is -3.50. The molecule has 0 fully saturated rings. The average Bonchev–Trinajstić information content (AvgIpc) is 2.65. The maximum absolute atomic E-state index is 14.6. The number of allylic oxidation sites excluding steroid dienone is 1. The zero-order chi connectivity index (χ0) is 22.9. The molecule has 0 saturated carbocycles. The van der Waals surface area contributed by atoms with Crippen LogP contribution in [0.5, 0.6) is 0 Å². The average molecular weight is 460 g/mol. The van der Waals surface area contributed by atoms with Crippen LogP contribution >= 0.6 is 0 Å². The van der Waals surface area contributed by atoms with E-state index in [9.17, 15) is 35.5 Å². The van der Waals surface area contributed by atoms with Gasteiger partial charge < -0.3 is 10.0 Å². The van der Waals surface area contributed by atoms with Gasteiger partial charge in [-0.05, 0) is 36.2 Å². The van der Waals surface area contributed by atoms with Gasteiger partial charge in [-0.15, -0.1) is 0 Å². The molecule has 0 spiro atoms. The van der Waals surface area contributed by atoms with E-state index in [1.54, 1.807) is 6.92 Å². The number of benzene rings is 2. The topological polar surface area (TPSA) is 70.0 Å². The number of rotatable bonds is 6. The Bertz CT molecular complexity index is 1180. The predicted octanol–water partition coefficient (Wildman–Crippen LogP) is 3.96. The van der Waals surface area contributed by atoms with Crippen molar-refractivity contribution in [3.8, 4) is 0 Å². The fourth-order valence-electron chi connectivity index (χ4n) is 3.10. The number of aliphatic hydroxyl groups is 1. The van der Waals surface area contributed by atoms with Crippen molar-refractivity contribution in [1.82, 2.24) is 0 Å². The molecule has 0 bridgehead atoms. The number of hydrogen-bond donors (Lipinski definition) is 1. The van der Waals surface area contributed by atoms with Crippen molar-refractivity contribution in [3.05, 3.63) is 76.8 Å². The quantitative estimate of drug-likeness (QED) is 0.523. The molecule has 1 aliphatic rings. The molecule has 2 aromatic carbocycles. The number of aliphatic imine (C=N–C) groups is 1. The van der Waals surface area contributed by atoms with Crippen molar-refractivity contribution in [2.24, 2.45) is 4.99 Å². The van der Waals surface area contributed by atoms with E-state index in [1.807, 2.05) is 0 Å². The molecular weight excluding hydrogens is 443 g/mol. The third-order valence-electron chi connectivity index (χ3n) is 4.38. The molecule has 11 heteroatoms. The van der Waals surface area contributed by atoms with Crippen LogP contribution in [0, 0.1) is 23.3 Å². The van der Waals surface area contributed by atoms with Crippen molar-refractivity contribution in [3.63, 3.8) is 0 Å². The first-order chi connectivity index (χ1) is 14.5. The number of hydrogen-bond acceptors (Lipinski definition) is 5. The summed E-state index contributed by atoms with van der Waals surface area (Å²) in [6, 6.07) is 3.77. The molecule has 0 saturated heterocycles. The molecule has 1 aliphatic heterocycles. The lowest BCUT2D eigenvalue weighted by Gasteiger charge is -2.28. The Morgan fingerprint density at radius 2 is 1.68 bits per heavy atom. The molecule has 2 aromatic rings. The van der Waals surface area contributed by atoms with Crippen molar-refractivity contribution in [2.75, 3.05) is 10.7 Å². The normalized spacial score (nSPS) is 16.9. The Balaban J connectivity index is 1.96. The maximum atomic E-state index is 14.6. The van der Waals surface area contributed by atoms with Crippen LogP contribution in [0.1, 0.15) is 24.5 Å². The van der Waals surface area contributed by atoms with Gasteiger partial charge in [0, 0.05) is 23.5 Å². The Morgan fingerprint density at radius 1 is 1.00 bits per heavy atom. The highest BCUT2D eigenvalue weighted by Gasteiger charge is 2.27. The van der Waals surface area contributed by atoms with Crippen LogP contribution in [0.3, 0.4) is 0 Å². The highest BCUT2D eigenvalue weighted by molar-refractivity contribution is 7.90. The standard InChI is InChI=1S/C20H17F5N2O3S/c1-2-3-31(29,30)10-11-4-12(21)6-13(5-11)27-9-18(25)19(26-20(27)28)14-7-16(23)17(24)8-15(14)22/h4-9,20,28H,2-3,10H2,1H3. The Hall–Kier alpha value is -2.79. The van der Waals surface area contributed by atoms with Crippen LogP contribution in [0.4, 0.5) is 27.6 Å². The van der Waals surface area contributed by atoms with Gasteiger partial charge in [-0.1, -0.05) is 6.92 Å². The molecule has 1 heterocycles. The Labute approximate surface area is 175 Å². The van der Waals surface area contributed by atoms with Crippen LogP contribution in [0.15, 0.2) is 47.4 Å². The van der Waals surface area contributed by atoms with Crippen molar-refractivity contribution in [1.29, 1.82) is 0 Å². The lowest BCUT2D eigenvalue weighted by atomic mass is 10.1. The van der Waals surface area contributed by atoms with Gasteiger partial charge in [0.05, 0.1) is 11.5 Å².